The monoisotopic (exact) mass is 195 g/mol. The van der Waals surface area contributed by atoms with Gasteiger partial charge in [0, 0.05) is 4.90 Å². The molecule has 2 nitrogen and oxygen atoms in total. The van der Waals surface area contributed by atoms with Crippen LogP contribution in [0.1, 0.15) is 12.5 Å². The van der Waals surface area contributed by atoms with Crippen LogP contribution >= 0.6 is 11.8 Å². The van der Waals surface area contributed by atoms with Gasteiger partial charge in [0.05, 0.1) is 5.25 Å². The normalized spacial score (nSPS) is 12.5. The molecule has 0 saturated carbocycles. The maximum Gasteiger partial charge on any atom is 0.230 e. The number of benzene rings is 1. The molecule has 13 heavy (non-hydrogen) atoms. The van der Waals surface area contributed by atoms with Crippen molar-refractivity contribution in [2.24, 2.45) is 5.73 Å². The molecule has 3 heteroatoms. The molecule has 0 saturated heterocycles. The second-order valence-electron chi connectivity index (χ2n) is 2.98. The number of amides is 1. The van der Waals surface area contributed by atoms with E-state index in [9.17, 15) is 4.79 Å². The maximum atomic E-state index is 10.8. The zero-order valence-corrected chi connectivity index (χ0v) is 8.60. The van der Waals surface area contributed by atoms with E-state index in [1.807, 2.05) is 38.1 Å². The summed E-state index contributed by atoms with van der Waals surface area (Å²) in [6, 6.07) is 8.03. The first-order chi connectivity index (χ1) is 6.09. The van der Waals surface area contributed by atoms with Gasteiger partial charge in [-0.15, -0.1) is 11.8 Å². The molecular weight excluding hydrogens is 182 g/mol. The van der Waals surface area contributed by atoms with E-state index in [1.165, 1.54) is 17.3 Å². The van der Waals surface area contributed by atoms with Crippen molar-refractivity contribution < 1.29 is 4.79 Å². The number of carbonyl (C=O) groups is 1. The number of hydrogen-bond donors (Lipinski definition) is 1. The predicted molar refractivity (Wildman–Crippen MR) is 55.7 cm³/mol. The molecule has 0 bridgehead atoms. The molecule has 1 rings (SSSR count). The lowest BCUT2D eigenvalue weighted by Gasteiger charge is -2.06. The minimum Gasteiger partial charge on any atom is -0.369 e. The molecule has 0 spiro atoms. The van der Waals surface area contributed by atoms with Crippen LogP contribution in [-0.4, -0.2) is 11.2 Å². The van der Waals surface area contributed by atoms with E-state index in [-0.39, 0.29) is 11.2 Å². The summed E-state index contributed by atoms with van der Waals surface area (Å²) in [5.41, 5.74) is 6.36. The van der Waals surface area contributed by atoms with E-state index < -0.39 is 0 Å². The number of thioether (sulfide) groups is 1. The van der Waals surface area contributed by atoms with Crippen molar-refractivity contribution in [3.8, 4) is 0 Å². The Hall–Kier alpha value is -0.960. The molecule has 1 unspecified atom stereocenters. The Kier molecular flexibility index (Phi) is 3.37. The molecule has 70 valence electrons. The summed E-state index contributed by atoms with van der Waals surface area (Å²) in [5, 5.41) is -0.165. The molecule has 0 aromatic heterocycles. The molecule has 0 heterocycles. The van der Waals surface area contributed by atoms with Crippen LogP contribution in [0.4, 0.5) is 0 Å². The molecule has 0 aliphatic rings. The predicted octanol–water partition coefficient (Wildman–Crippen LogP) is 1.96. The largest absolute Gasteiger partial charge is 0.369 e. The smallest absolute Gasteiger partial charge is 0.230 e. The Bertz CT molecular complexity index is 312. The third kappa shape index (κ3) is 3.11. The van der Waals surface area contributed by atoms with Crippen LogP contribution < -0.4 is 5.73 Å². The van der Waals surface area contributed by atoms with Crippen molar-refractivity contribution in [3.63, 3.8) is 0 Å². The van der Waals surface area contributed by atoms with Crippen molar-refractivity contribution in [1.29, 1.82) is 0 Å². The highest BCUT2D eigenvalue weighted by molar-refractivity contribution is 8.00. The SMILES string of the molecule is Cc1cccc(SC(C)C(N)=O)c1. The summed E-state index contributed by atoms with van der Waals surface area (Å²) < 4.78 is 0. The zero-order chi connectivity index (χ0) is 9.84. The highest BCUT2D eigenvalue weighted by Crippen LogP contribution is 2.23. The molecule has 2 N–H and O–H groups in total. The first-order valence-corrected chi connectivity index (χ1v) is 5.00. The Balaban J connectivity index is 2.69. The first kappa shape index (κ1) is 10.1. The molecule has 0 aliphatic carbocycles. The summed E-state index contributed by atoms with van der Waals surface area (Å²) in [4.78, 5) is 11.9. The van der Waals surface area contributed by atoms with Crippen LogP contribution in [0.3, 0.4) is 0 Å². The van der Waals surface area contributed by atoms with Crippen LogP contribution in [0, 0.1) is 6.92 Å². The van der Waals surface area contributed by atoms with Gasteiger partial charge in [0.2, 0.25) is 5.91 Å². The fourth-order valence-corrected chi connectivity index (χ4v) is 1.89. The Morgan fingerprint density at radius 1 is 1.54 bits per heavy atom. The van der Waals surface area contributed by atoms with Crippen molar-refractivity contribution >= 4 is 17.7 Å². The van der Waals surface area contributed by atoms with Crippen molar-refractivity contribution in [3.05, 3.63) is 29.8 Å². The van der Waals surface area contributed by atoms with Crippen molar-refractivity contribution in [2.45, 2.75) is 24.0 Å². The fourth-order valence-electron chi connectivity index (χ4n) is 0.951. The van der Waals surface area contributed by atoms with E-state index >= 15 is 0 Å². The summed E-state index contributed by atoms with van der Waals surface area (Å²) in [7, 11) is 0. The average molecular weight is 195 g/mol. The number of nitrogens with two attached hydrogens (primary N) is 1. The van der Waals surface area contributed by atoms with Crippen LogP contribution in [0.2, 0.25) is 0 Å². The van der Waals surface area contributed by atoms with Crippen molar-refractivity contribution in [1.82, 2.24) is 0 Å². The van der Waals surface area contributed by atoms with Crippen LogP contribution in [-0.2, 0) is 4.79 Å². The molecule has 1 aromatic carbocycles. The van der Waals surface area contributed by atoms with E-state index in [2.05, 4.69) is 0 Å². The Morgan fingerprint density at radius 2 is 2.23 bits per heavy atom. The van der Waals surface area contributed by atoms with Gasteiger partial charge in [-0.2, -0.15) is 0 Å². The van der Waals surface area contributed by atoms with Gasteiger partial charge in [0.15, 0.2) is 0 Å². The van der Waals surface area contributed by atoms with E-state index in [1.54, 1.807) is 0 Å². The van der Waals surface area contributed by atoms with Gasteiger partial charge in [-0.25, -0.2) is 0 Å². The lowest BCUT2D eigenvalue weighted by atomic mass is 10.2. The van der Waals surface area contributed by atoms with Gasteiger partial charge < -0.3 is 5.73 Å². The Morgan fingerprint density at radius 3 is 2.77 bits per heavy atom. The Labute approximate surface area is 82.5 Å². The van der Waals surface area contributed by atoms with Crippen molar-refractivity contribution in [2.75, 3.05) is 0 Å². The third-order valence-electron chi connectivity index (χ3n) is 1.70. The zero-order valence-electron chi connectivity index (χ0n) is 7.78. The van der Waals surface area contributed by atoms with E-state index in [0.717, 1.165) is 4.90 Å². The standard InChI is InChI=1S/C10H13NOS/c1-7-4-3-5-9(6-7)13-8(2)10(11)12/h3-6,8H,1-2H3,(H2,11,12). The topological polar surface area (TPSA) is 43.1 Å². The van der Waals surface area contributed by atoms with Crippen LogP contribution in [0.5, 0.6) is 0 Å². The van der Waals surface area contributed by atoms with Gasteiger partial charge in [-0.3, -0.25) is 4.79 Å². The molecule has 1 amide bonds. The van der Waals surface area contributed by atoms with E-state index in [0.29, 0.717) is 0 Å². The molecule has 0 radical (unpaired) electrons. The molecule has 0 aliphatic heterocycles. The lowest BCUT2D eigenvalue weighted by Crippen LogP contribution is -2.22. The second kappa shape index (κ2) is 4.33. The van der Waals surface area contributed by atoms with Gasteiger partial charge in [-0.1, -0.05) is 17.7 Å². The lowest BCUT2D eigenvalue weighted by molar-refractivity contribution is -0.117. The molecule has 1 aromatic rings. The van der Waals surface area contributed by atoms with Crippen LogP contribution in [0.25, 0.3) is 0 Å². The highest BCUT2D eigenvalue weighted by Gasteiger charge is 2.09. The van der Waals surface area contributed by atoms with Gasteiger partial charge >= 0.3 is 0 Å². The summed E-state index contributed by atoms with van der Waals surface area (Å²) in [6.07, 6.45) is 0. The van der Waals surface area contributed by atoms with Gasteiger partial charge in [-0.05, 0) is 26.0 Å². The summed E-state index contributed by atoms with van der Waals surface area (Å²) in [5.74, 6) is -0.272. The van der Waals surface area contributed by atoms with Gasteiger partial charge in [0.1, 0.15) is 0 Å². The minimum atomic E-state index is -0.272. The van der Waals surface area contributed by atoms with Crippen LogP contribution in [0.15, 0.2) is 29.2 Å². The average Bonchev–Trinajstić information content (AvgIpc) is 2.04. The summed E-state index contributed by atoms with van der Waals surface area (Å²) >= 11 is 1.49. The summed E-state index contributed by atoms with van der Waals surface area (Å²) in [6.45, 7) is 3.84. The second-order valence-corrected chi connectivity index (χ2v) is 4.39. The number of carbonyl (C=O) groups excluding carboxylic acids is 1. The van der Waals surface area contributed by atoms with Gasteiger partial charge in [0.25, 0.3) is 0 Å². The molecule has 1 atom stereocenters. The number of primary amides is 1. The molecular formula is C10H13NOS. The molecule has 0 fully saturated rings. The minimum absolute atomic E-state index is 0.165. The maximum absolute atomic E-state index is 10.8. The number of aryl methyl sites for hydroxylation is 1. The van der Waals surface area contributed by atoms with E-state index in [4.69, 9.17) is 5.73 Å². The number of hydrogen-bond acceptors (Lipinski definition) is 2. The highest BCUT2D eigenvalue weighted by atomic mass is 32.2. The third-order valence-corrected chi connectivity index (χ3v) is 2.82. The number of rotatable bonds is 3. The fraction of sp³-hybridized carbons (Fsp3) is 0.300. The quantitative estimate of drug-likeness (QED) is 0.749. The first-order valence-electron chi connectivity index (χ1n) is 4.12.